The zero-order chi connectivity index (χ0) is 26.6. The van der Waals surface area contributed by atoms with Crippen LogP contribution in [0.1, 0.15) is 86.1 Å². The second-order valence-electron chi connectivity index (χ2n) is 11.1. The molecule has 2 amide bonds. The summed E-state index contributed by atoms with van der Waals surface area (Å²) in [5.74, 6) is -0.764. The largest absolute Gasteiger partial charge is 0.494 e. The van der Waals surface area contributed by atoms with Crippen molar-refractivity contribution in [3.63, 3.8) is 0 Å². The minimum absolute atomic E-state index is 0.0343. The van der Waals surface area contributed by atoms with Gasteiger partial charge in [-0.25, -0.2) is 0 Å². The minimum Gasteiger partial charge on any atom is -0.494 e. The van der Waals surface area contributed by atoms with Gasteiger partial charge in [-0.2, -0.15) is 0 Å². The van der Waals surface area contributed by atoms with Gasteiger partial charge in [0.1, 0.15) is 17.4 Å². The van der Waals surface area contributed by atoms with Gasteiger partial charge in [-0.3, -0.25) is 14.4 Å². The Labute approximate surface area is 211 Å². The van der Waals surface area contributed by atoms with Crippen molar-refractivity contribution in [1.29, 1.82) is 0 Å². The van der Waals surface area contributed by atoms with Crippen LogP contribution in [-0.4, -0.2) is 43.1 Å². The van der Waals surface area contributed by atoms with E-state index in [0.717, 1.165) is 25.0 Å². The van der Waals surface area contributed by atoms with Crippen molar-refractivity contribution in [1.82, 2.24) is 10.6 Å². The third-order valence-corrected chi connectivity index (χ3v) is 5.54. The van der Waals surface area contributed by atoms with Gasteiger partial charge in [-0.05, 0) is 69.6 Å². The smallest absolute Gasteiger partial charge is 0.307 e. The molecule has 0 unspecified atom stereocenters. The Morgan fingerprint density at radius 1 is 0.943 bits per heavy atom. The molecule has 1 aromatic rings. The Kier molecular flexibility index (Phi) is 12.3. The summed E-state index contributed by atoms with van der Waals surface area (Å²) < 4.78 is 11.3. The lowest BCUT2D eigenvalue weighted by molar-refractivity contribution is -0.157. The summed E-state index contributed by atoms with van der Waals surface area (Å²) in [5, 5.41) is 5.48. The van der Waals surface area contributed by atoms with E-state index in [0.29, 0.717) is 19.4 Å². The fraction of sp³-hybridized carbons (Fsp3) is 0.679. The number of aryl methyl sites for hydroxylation is 1. The molecule has 0 fully saturated rings. The maximum absolute atomic E-state index is 13.2. The van der Waals surface area contributed by atoms with E-state index in [1.54, 1.807) is 27.8 Å². The van der Waals surface area contributed by atoms with E-state index in [-0.39, 0.29) is 18.2 Å². The molecule has 7 nitrogen and oxygen atoms in total. The minimum atomic E-state index is -0.708. The second-order valence-corrected chi connectivity index (χ2v) is 11.1. The van der Waals surface area contributed by atoms with Crippen molar-refractivity contribution >= 4 is 17.8 Å². The van der Waals surface area contributed by atoms with Gasteiger partial charge < -0.3 is 20.1 Å². The standard InChI is InChI=1S/C28H46N2O5/c1-9-12-20-14-16-22(17-15-20)34-18-11-10-13-21(19-23(31)35-28(5,6)7)25(32)30-24(26(33)29-8)27(2,3)4/h14-17,21,24H,9-13,18-19H2,1-8H3,(H,29,33)(H,30,32)/t21-,24-/m1/s1. The molecule has 0 aliphatic carbocycles. The molecule has 0 aliphatic rings. The summed E-state index contributed by atoms with van der Waals surface area (Å²) in [4.78, 5) is 38.0. The number of rotatable bonds is 13. The van der Waals surface area contributed by atoms with Crippen LogP contribution in [0.3, 0.4) is 0 Å². The molecule has 0 radical (unpaired) electrons. The molecule has 1 aromatic carbocycles. The normalized spacial score (nSPS) is 13.5. The van der Waals surface area contributed by atoms with Crippen LogP contribution in [0.15, 0.2) is 24.3 Å². The number of nitrogens with one attached hydrogen (secondary N) is 2. The number of amides is 2. The van der Waals surface area contributed by atoms with E-state index in [4.69, 9.17) is 9.47 Å². The zero-order valence-corrected chi connectivity index (χ0v) is 23.0. The molecule has 0 bridgehead atoms. The third-order valence-electron chi connectivity index (χ3n) is 5.54. The third kappa shape index (κ3) is 12.1. The summed E-state index contributed by atoms with van der Waals surface area (Å²) in [7, 11) is 1.54. The number of carbonyl (C=O) groups excluding carboxylic acids is 3. The highest BCUT2D eigenvalue weighted by Gasteiger charge is 2.34. The Morgan fingerprint density at radius 3 is 2.09 bits per heavy atom. The molecule has 2 atom stereocenters. The summed E-state index contributed by atoms with van der Waals surface area (Å²) >= 11 is 0. The van der Waals surface area contributed by atoms with Crippen LogP contribution in [0.2, 0.25) is 0 Å². The fourth-order valence-electron chi connectivity index (χ4n) is 3.71. The average Bonchev–Trinajstić information content (AvgIpc) is 2.75. The lowest BCUT2D eigenvalue weighted by atomic mass is 9.85. The predicted molar refractivity (Wildman–Crippen MR) is 139 cm³/mol. The first-order valence-corrected chi connectivity index (χ1v) is 12.7. The molecular weight excluding hydrogens is 444 g/mol. The molecule has 2 N–H and O–H groups in total. The van der Waals surface area contributed by atoms with Gasteiger partial charge in [0.15, 0.2) is 0 Å². The van der Waals surface area contributed by atoms with Crippen molar-refractivity contribution in [3.8, 4) is 5.75 Å². The molecule has 35 heavy (non-hydrogen) atoms. The van der Waals surface area contributed by atoms with Crippen molar-refractivity contribution in [2.24, 2.45) is 11.3 Å². The molecule has 198 valence electrons. The summed E-state index contributed by atoms with van der Waals surface area (Å²) in [6.07, 6.45) is 4.07. The number of unbranched alkanes of at least 4 members (excludes halogenated alkanes) is 1. The first-order valence-electron chi connectivity index (χ1n) is 12.7. The molecule has 0 aliphatic heterocycles. The van der Waals surface area contributed by atoms with Crippen LogP contribution >= 0.6 is 0 Å². The molecule has 0 saturated carbocycles. The van der Waals surface area contributed by atoms with E-state index in [1.165, 1.54) is 5.56 Å². The van der Waals surface area contributed by atoms with E-state index in [2.05, 4.69) is 29.7 Å². The van der Waals surface area contributed by atoms with Crippen LogP contribution < -0.4 is 15.4 Å². The van der Waals surface area contributed by atoms with Crippen molar-refractivity contribution < 1.29 is 23.9 Å². The second kappa shape index (κ2) is 14.1. The number of carbonyl (C=O) groups is 3. The topological polar surface area (TPSA) is 93.7 Å². The summed E-state index contributed by atoms with van der Waals surface area (Å²) in [6.45, 7) is 13.7. The van der Waals surface area contributed by atoms with E-state index in [9.17, 15) is 14.4 Å². The van der Waals surface area contributed by atoms with Gasteiger partial charge in [-0.15, -0.1) is 0 Å². The van der Waals surface area contributed by atoms with Crippen LogP contribution in [0.5, 0.6) is 5.75 Å². The number of likely N-dealkylation sites (N-methyl/N-ethyl adjacent to an activating group) is 1. The van der Waals surface area contributed by atoms with Crippen LogP contribution in [0.25, 0.3) is 0 Å². The monoisotopic (exact) mass is 490 g/mol. The molecule has 0 saturated heterocycles. The highest BCUT2D eigenvalue weighted by atomic mass is 16.6. The number of hydrogen-bond donors (Lipinski definition) is 2. The summed E-state index contributed by atoms with van der Waals surface area (Å²) in [5.41, 5.74) is 0.183. The Balaban J connectivity index is 2.74. The van der Waals surface area contributed by atoms with Crippen LogP contribution in [-0.2, 0) is 25.5 Å². The van der Waals surface area contributed by atoms with Crippen molar-refractivity contribution in [2.75, 3.05) is 13.7 Å². The van der Waals surface area contributed by atoms with Gasteiger partial charge >= 0.3 is 5.97 Å². The molecule has 7 heteroatoms. The fourth-order valence-corrected chi connectivity index (χ4v) is 3.71. The zero-order valence-electron chi connectivity index (χ0n) is 23.0. The van der Waals surface area contributed by atoms with Gasteiger partial charge in [0.25, 0.3) is 0 Å². The number of benzene rings is 1. The maximum Gasteiger partial charge on any atom is 0.307 e. The molecular formula is C28H46N2O5. The Morgan fingerprint density at radius 2 is 1.57 bits per heavy atom. The number of ether oxygens (including phenoxy) is 2. The first kappa shape index (κ1) is 30.5. The lowest BCUT2D eigenvalue weighted by Crippen LogP contribution is -2.54. The van der Waals surface area contributed by atoms with E-state index < -0.39 is 28.9 Å². The van der Waals surface area contributed by atoms with Gasteiger partial charge in [0.2, 0.25) is 11.8 Å². The van der Waals surface area contributed by atoms with Gasteiger partial charge in [-0.1, -0.05) is 46.2 Å². The van der Waals surface area contributed by atoms with E-state index >= 15 is 0 Å². The van der Waals surface area contributed by atoms with Crippen molar-refractivity contribution in [2.45, 2.75) is 98.6 Å². The molecule has 0 aromatic heterocycles. The van der Waals surface area contributed by atoms with Gasteiger partial charge in [0, 0.05) is 13.0 Å². The number of hydrogen-bond acceptors (Lipinski definition) is 5. The van der Waals surface area contributed by atoms with E-state index in [1.807, 2.05) is 32.9 Å². The Hall–Kier alpha value is -2.57. The van der Waals surface area contributed by atoms with Gasteiger partial charge in [0.05, 0.1) is 13.0 Å². The van der Waals surface area contributed by atoms with Crippen LogP contribution in [0, 0.1) is 11.3 Å². The van der Waals surface area contributed by atoms with Crippen LogP contribution in [0.4, 0.5) is 0 Å². The lowest BCUT2D eigenvalue weighted by Gasteiger charge is -2.31. The summed E-state index contributed by atoms with van der Waals surface area (Å²) in [6, 6.07) is 7.42. The quantitative estimate of drug-likeness (QED) is 0.306. The molecule has 0 spiro atoms. The Bertz CT molecular complexity index is 806. The highest BCUT2D eigenvalue weighted by molar-refractivity contribution is 5.90. The maximum atomic E-state index is 13.2. The number of esters is 1. The average molecular weight is 491 g/mol. The highest BCUT2D eigenvalue weighted by Crippen LogP contribution is 2.23. The SMILES string of the molecule is CCCc1ccc(OCCCC[C@H](CC(=O)OC(C)(C)C)C(=O)N[C@H](C(=O)NC)C(C)(C)C)cc1. The molecule has 0 heterocycles. The van der Waals surface area contributed by atoms with Crippen molar-refractivity contribution in [3.05, 3.63) is 29.8 Å². The predicted octanol–water partition coefficient (Wildman–Crippen LogP) is 4.81. The first-order chi connectivity index (χ1) is 16.3. The molecule has 1 rings (SSSR count).